The largest absolute Gasteiger partial charge is 0.478 e. The summed E-state index contributed by atoms with van der Waals surface area (Å²) in [6, 6.07) is 0. The lowest BCUT2D eigenvalue weighted by Gasteiger charge is -2.04. The molecule has 0 aromatic heterocycles. The van der Waals surface area contributed by atoms with E-state index < -0.39 is 23.9 Å². The summed E-state index contributed by atoms with van der Waals surface area (Å²) in [6.07, 6.45) is 10.8. The SMILES string of the molecule is O=C(O)/C=C\C(=O)OCCCCCCCCCCOC(=O)/C=C/C(=O)O. The topological polar surface area (TPSA) is 127 Å². The summed E-state index contributed by atoms with van der Waals surface area (Å²) in [5.74, 6) is -3.66. The van der Waals surface area contributed by atoms with Crippen LogP contribution in [-0.4, -0.2) is 47.3 Å². The number of carboxylic acid groups (broad SMARTS) is 2. The van der Waals surface area contributed by atoms with Gasteiger partial charge in [0.2, 0.25) is 0 Å². The lowest BCUT2D eigenvalue weighted by Crippen LogP contribution is -2.03. The van der Waals surface area contributed by atoms with Crippen LogP contribution in [-0.2, 0) is 28.7 Å². The van der Waals surface area contributed by atoms with Gasteiger partial charge in [-0.3, -0.25) is 0 Å². The summed E-state index contributed by atoms with van der Waals surface area (Å²) in [6.45, 7) is 0.564. The molecule has 146 valence electrons. The van der Waals surface area contributed by atoms with Crippen LogP contribution >= 0.6 is 0 Å². The highest BCUT2D eigenvalue weighted by molar-refractivity contribution is 5.91. The first-order valence-electron chi connectivity index (χ1n) is 8.57. The third-order valence-corrected chi connectivity index (χ3v) is 3.25. The summed E-state index contributed by atoms with van der Waals surface area (Å²) in [5, 5.41) is 16.7. The molecule has 0 heterocycles. The Labute approximate surface area is 152 Å². The molecule has 0 radical (unpaired) electrons. The molecule has 26 heavy (non-hydrogen) atoms. The van der Waals surface area contributed by atoms with E-state index in [1.54, 1.807) is 0 Å². The van der Waals surface area contributed by atoms with Gasteiger partial charge in [0, 0.05) is 24.3 Å². The summed E-state index contributed by atoms with van der Waals surface area (Å²) < 4.78 is 9.69. The second kappa shape index (κ2) is 15.9. The van der Waals surface area contributed by atoms with Crippen molar-refractivity contribution in [3.8, 4) is 0 Å². The van der Waals surface area contributed by atoms with E-state index in [0.29, 0.717) is 0 Å². The smallest absolute Gasteiger partial charge is 0.331 e. The Morgan fingerprint density at radius 1 is 0.538 bits per heavy atom. The van der Waals surface area contributed by atoms with E-state index in [2.05, 4.69) is 0 Å². The van der Waals surface area contributed by atoms with Crippen molar-refractivity contribution in [1.29, 1.82) is 0 Å². The maximum Gasteiger partial charge on any atom is 0.331 e. The van der Waals surface area contributed by atoms with Gasteiger partial charge in [-0.05, 0) is 12.8 Å². The zero-order valence-corrected chi connectivity index (χ0v) is 14.7. The second-order valence-electron chi connectivity index (χ2n) is 5.51. The number of aliphatic carboxylic acids is 2. The minimum absolute atomic E-state index is 0.282. The van der Waals surface area contributed by atoms with Gasteiger partial charge >= 0.3 is 23.9 Å². The van der Waals surface area contributed by atoms with Crippen molar-refractivity contribution in [2.45, 2.75) is 51.4 Å². The van der Waals surface area contributed by atoms with E-state index in [-0.39, 0.29) is 13.2 Å². The van der Waals surface area contributed by atoms with Gasteiger partial charge in [-0.1, -0.05) is 38.5 Å². The van der Waals surface area contributed by atoms with Crippen molar-refractivity contribution in [3.05, 3.63) is 24.3 Å². The monoisotopic (exact) mass is 370 g/mol. The predicted molar refractivity (Wildman–Crippen MR) is 92.4 cm³/mol. The Hall–Kier alpha value is -2.64. The Morgan fingerprint density at radius 2 is 0.846 bits per heavy atom. The fourth-order valence-electron chi connectivity index (χ4n) is 1.99. The first-order valence-corrected chi connectivity index (χ1v) is 8.57. The summed E-state index contributed by atoms with van der Waals surface area (Å²) in [4.78, 5) is 42.6. The minimum Gasteiger partial charge on any atom is -0.478 e. The van der Waals surface area contributed by atoms with Crippen LogP contribution in [0.3, 0.4) is 0 Å². The molecule has 0 spiro atoms. The molecule has 8 heteroatoms. The van der Waals surface area contributed by atoms with Gasteiger partial charge in [0.15, 0.2) is 0 Å². The molecule has 0 saturated carbocycles. The molecule has 0 aliphatic heterocycles. The van der Waals surface area contributed by atoms with Crippen molar-refractivity contribution < 1.29 is 38.9 Å². The number of unbranched alkanes of at least 4 members (excludes halogenated alkanes) is 7. The van der Waals surface area contributed by atoms with Crippen molar-refractivity contribution in [2.24, 2.45) is 0 Å². The summed E-state index contributed by atoms with van der Waals surface area (Å²) in [5.41, 5.74) is 0. The van der Waals surface area contributed by atoms with Crippen LogP contribution in [0.15, 0.2) is 24.3 Å². The molecule has 0 aliphatic rings. The van der Waals surface area contributed by atoms with E-state index >= 15 is 0 Å². The molecule has 8 nitrogen and oxygen atoms in total. The Bertz CT molecular complexity index is 461. The van der Waals surface area contributed by atoms with Gasteiger partial charge in [-0.2, -0.15) is 0 Å². The van der Waals surface area contributed by atoms with Crippen LogP contribution in [0.4, 0.5) is 0 Å². The van der Waals surface area contributed by atoms with Gasteiger partial charge in [-0.25, -0.2) is 19.2 Å². The van der Waals surface area contributed by atoms with Crippen molar-refractivity contribution in [3.63, 3.8) is 0 Å². The van der Waals surface area contributed by atoms with E-state index in [9.17, 15) is 19.2 Å². The molecule has 0 aromatic carbocycles. The number of ether oxygens (including phenoxy) is 2. The molecule has 0 aromatic rings. The number of hydrogen-bond donors (Lipinski definition) is 2. The van der Waals surface area contributed by atoms with Crippen LogP contribution in [0.2, 0.25) is 0 Å². The predicted octanol–water partition coefficient (Wildman–Crippen LogP) is 2.48. The standard InChI is InChI=1S/C18H26O8/c19-15(20)9-11-17(23)25-13-7-5-3-1-2-4-6-8-14-26-18(24)12-10-16(21)22/h9-12H,1-8,13-14H2,(H,19,20)(H,21,22)/b11-9-,12-10+. The Kier molecular flexibility index (Phi) is 14.3. The third-order valence-electron chi connectivity index (χ3n) is 3.25. The van der Waals surface area contributed by atoms with Crippen LogP contribution in [0, 0.1) is 0 Å². The number of esters is 2. The molecule has 0 bridgehead atoms. The number of carboxylic acids is 2. The molecule has 0 amide bonds. The van der Waals surface area contributed by atoms with Gasteiger partial charge in [-0.15, -0.1) is 0 Å². The van der Waals surface area contributed by atoms with Crippen LogP contribution in [0.1, 0.15) is 51.4 Å². The number of carbonyl (C=O) groups is 4. The van der Waals surface area contributed by atoms with Crippen LogP contribution in [0.25, 0.3) is 0 Å². The normalized spacial score (nSPS) is 10.9. The third kappa shape index (κ3) is 17.7. The van der Waals surface area contributed by atoms with Crippen molar-refractivity contribution in [2.75, 3.05) is 13.2 Å². The highest BCUT2D eigenvalue weighted by atomic mass is 16.5. The van der Waals surface area contributed by atoms with E-state index in [0.717, 1.165) is 75.7 Å². The average Bonchev–Trinajstić information content (AvgIpc) is 2.59. The fraction of sp³-hybridized carbons (Fsp3) is 0.556. The quantitative estimate of drug-likeness (QED) is 0.256. The number of carbonyl (C=O) groups excluding carboxylic acids is 2. The molecule has 0 saturated heterocycles. The first-order chi connectivity index (χ1) is 12.4. The fourth-order valence-corrected chi connectivity index (χ4v) is 1.99. The average molecular weight is 370 g/mol. The minimum atomic E-state index is -1.19. The Morgan fingerprint density at radius 3 is 1.15 bits per heavy atom. The Balaban J connectivity index is 3.34. The molecule has 2 N–H and O–H groups in total. The van der Waals surface area contributed by atoms with Gasteiger partial charge in [0.1, 0.15) is 0 Å². The van der Waals surface area contributed by atoms with Gasteiger partial charge in [0.05, 0.1) is 13.2 Å². The zero-order valence-electron chi connectivity index (χ0n) is 14.7. The van der Waals surface area contributed by atoms with Gasteiger partial charge < -0.3 is 19.7 Å². The second-order valence-corrected chi connectivity index (χ2v) is 5.51. The lowest BCUT2D eigenvalue weighted by atomic mass is 10.1. The number of hydrogen-bond acceptors (Lipinski definition) is 6. The molecule has 0 fully saturated rings. The van der Waals surface area contributed by atoms with Crippen LogP contribution in [0.5, 0.6) is 0 Å². The molecule has 0 unspecified atom stereocenters. The van der Waals surface area contributed by atoms with Crippen molar-refractivity contribution in [1.82, 2.24) is 0 Å². The highest BCUT2D eigenvalue weighted by Crippen LogP contribution is 2.09. The molecular weight excluding hydrogens is 344 g/mol. The molecule has 0 atom stereocenters. The van der Waals surface area contributed by atoms with Crippen LogP contribution < -0.4 is 0 Å². The maximum atomic E-state index is 11.1. The summed E-state index contributed by atoms with van der Waals surface area (Å²) in [7, 11) is 0. The van der Waals surface area contributed by atoms with Gasteiger partial charge in [0.25, 0.3) is 0 Å². The highest BCUT2D eigenvalue weighted by Gasteiger charge is 2.00. The van der Waals surface area contributed by atoms with E-state index in [1.165, 1.54) is 0 Å². The van der Waals surface area contributed by atoms with E-state index in [1.807, 2.05) is 0 Å². The zero-order chi connectivity index (χ0) is 19.6. The molecule has 0 aliphatic carbocycles. The van der Waals surface area contributed by atoms with Crippen molar-refractivity contribution >= 4 is 23.9 Å². The molecular formula is C18H26O8. The summed E-state index contributed by atoms with van der Waals surface area (Å²) >= 11 is 0. The lowest BCUT2D eigenvalue weighted by molar-refractivity contribution is -0.139. The number of rotatable bonds is 15. The van der Waals surface area contributed by atoms with E-state index in [4.69, 9.17) is 19.7 Å². The first kappa shape index (κ1) is 23.4. The maximum absolute atomic E-state index is 11.1. The molecule has 0 rings (SSSR count).